The van der Waals surface area contributed by atoms with Crippen LogP contribution >= 0.6 is 34.5 Å². The van der Waals surface area contributed by atoms with Crippen molar-refractivity contribution in [1.82, 2.24) is 4.98 Å². The summed E-state index contributed by atoms with van der Waals surface area (Å²) in [5.74, 6) is -0.364. The summed E-state index contributed by atoms with van der Waals surface area (Å²) in [4.78, 5) is 7.09. The Morgan fingerprint density at radius 3 is 2.43 bits per heavy atom. The van der Waals surface area contributed by atoms with E-state index in [1.54, 1.807) is 30.3 Å². The lowest BCUT2D eigenvalue weighted by Crippen LogP contribution is -2.39. The minimum absolute atomic E-state index is 0.315. The molecule has 0 unspecified atom stereocenters. The van der Waals surface area contributed by atoms with Crippen LogP contribution in [0.2, 0.25) is 10.0 Å². The second kappa shape index (κ2) is 8.83. The third-order valence-corrected chi connectivity index (χ3v) is 8.84. The number of anilines is 1. The molecule has 1 aromatic heterocycles. The number of nitrogens with zero attached hydrogens (tertiary/aromatic N) is 2. The Hall–Kier alpha value is -1.67. The lowest BCUT2D eigenvalue weighted by atomic mass is 10.1. The van der Waals surface area contributed by atoms with Crippen LogP contribution in [-0.4, -0.2) is 31.7 Å². The van der Waals surface area contributed by atoms with Gasteiger partial charge in [0, 0.05) is 34.9 Å². The van der Waals surface area contributed by atoms with Crippen LogP contribution in [0.1, 0.15) is 24.1 Å². The first-order chi connectivity index (χ1) is 14.3. The second-order valence-corrected chi connectivity index (χ2v) is 11.2. The molecular weight excluding hydrogens is 466 g/mol. The highest BCUT2D eigenvalue weighted by Crippen LogP contribution is 2.30. The van der Waals surface area contributed by atoms with Gasteiger partial charge in [-0.3, -0.25) is 0 Å². The molecular formula is C21H19Cl2FN2O2S2. The highest BCUT2D eigenvalue weighted by Gasteiger charge is 2.32. The van der Waals surface area contributed by atoms with Gasteiger partial charge in [-0.05, 0) is 60.9 Å². The van der Waals surface area contributed by atoms with Gasteiger partial charge in [0.2, 0.25) is 0 Å². The molecule has 1 saturated heterocycles. The predicted molar refractivity (Wildman–Crippen MR) is 120 cm³/mol. The molecule has 3 aromatic rings. The summed E-state index contributed by atoms with van der Waals surface area (Å²) in [5, 5.41) is 3.27. The summed E-state index contributed by atoms with van der Waals surface area (Å²) in [6.07, 6.45) is 1.58. The molecule has 0 spiro atoms. The molecule has 0 N–H and O–H groups in total. The monoisotopic (exact) mass is 484 g/mol. The van der Waals surface area contributed by atoms with E-state index in [0.29, 0.717) is 47.3 Å². The minimum Gasteiger partial charge on any atom is -0.348 e. The first-order valence-electron chi connectivity index (χ1n) is 9.45. The normalized spacial score (nSPS) is 15.5. The summed E-state index contributed by atoms with van der Waals surface area (Å²) < 4.78 is 39.3. The van der Waals surface area contributed by atoms with Gasteiger partial charge >= 0.3 is 0 Å². The van der Waals surface area contributed by atoms with Gasteiger partial charge in [0.25, 0.3) is 0 Å². The highest BCUT2D eigenvalue weighted by molar-refractivity contribution is 7.92. The molecule has 0 aliphatic carbocycles. The van der Waals surface area contributed by atoms with Gasteiger partial charge in [0.15, 0.2) is 15.0 Å². The van der Waals surface area contributed by atoms with Gasteiger partial charge < -0.3 is 4.90 Å². The van der Waals surface area contributed by atoms with Gasteiger partial charge in [-0.25, -0.2) is 17.8 Å². The standard InChI is InChI=1S/C21H19Cl2FN2O2S2/c22-15-1-3-19(4-2-15)30(27,28)20-5-7-26(8-6-20)21-25-18(13-29-21)11-14-9-16(23)12-17(24)10-14/h1-4,9-10,12-13,20H,5-8,11H2. The Morgan fingerprint density at radius 1 is 1.07 bits per heavy atom. The molecule has 4 nitrogen and oxygen atoms in total. The first-order valence-corrected chi connectivity index (χ1v) is 12.6. The van der Waals surface area contributed by atoms with Crippen molar-refractivity contribution in [3.05, 3.63) is 75.0 Å². The van der Waals surface area contributed by atoms with Gasteiger partial charge in [0.05, 0.1) is 15.8 Å². The van der Waals surface area contributed by atoms with Gasteiger partial charge in [-0.2, -0.15) is 0 Å². The van der Waals surface area contributed by atoms with Crippen LogP contribution in [0.4, 0.5) is 9.52 Å². The number of rotatable bonds is 5. The van der Waals surface area contributed by atoms with Crippen LogP contribution in [0.3, 0.4) is 0 Å². The van der Waals surface area contributed by atoms with E-state index < -0.39 is 15.1 Å². The second-order valence-electron chi connectivity index (χ2n) is 7.26. The average molecular weight is 485 g/mol. The molecule has 0 saturated carbocycles. The first kappa shape index (κ1) is 21.6. The molecule has 2 aromatic carbocycles. The Labute approximate surface area is 189 Å². The highest BCUT2D eigenvalue weighted by atomic mass is 35.5. The molecule has 30 heavy (non-hydrogen) atoms. The van der Waals surface area contributed by atoms with Crippen molar-refractivity contribution >= 4 is 49.5 Å². The molecule has 2 heterocycles. The third kappa shape index (κ3) is 4.80. The number of piperidine rings is 1. The van der Waals surface area contributed by atoms with E-state index in [4.69, 9.17) is 23.2 Å². The van der Waals surface area contributed by atoms with Crippen molar-refractivity contribution < 1.29 is 12.8 Å². The molecule has 158 valence electrons. The van der Waals surface area contributed by atoms with Crippen LogP contribution in [-0.2, 0) is 16.3 Å². The van der Waals surface area contributed by atoms with Crippen molar-refractivity contribution in [3.8, 4) is 0 Å². The SMILES string of the molecule is O=S(=O)(c1ccc(Cl)cc1)C1CCN(c2nc(Cc3cc(F)cc(Cl)c3)cs2)CC1. The molecule has 9 heteroatoms. The zero-order valence-electron chi connectivity index (χ0n) is 15.9. The van der Waals surface area contributed by atoms with E-state index in [1.807, 2.05) is 5.38 Å². The zero-order valence-corrected chi connectivity index (χ0v) is 19.0. The number of hydrogen-bond donors (Lipinski definition) is 0. The van der Waals surface area contributed by atoms with Gasteiger partial charge in [0.1, 0.15) is 5.82 Å². The molecule has 4 rings (SSSR count). The van der Waals surface area contributed by atoms with E-state index in [-0.39, 0.29) is 5.82 Å². The van der Waals surface area contributed by atoms with Crippen LogP contribution < -0.4 is 4.90 Å². The summed E-state index contributed by atoms with van der Waals surface area (Å²) in [7, 11) is -3.38. The fourth-order valence-electron chi connectivity index (χ4n) is 3.62. The topological polar surface area (TPSA) is 50.3 Å². The molecule has 0 amide bonds. The maximum Gasteiger partial charge on any atom is 0.185 e. The Bertz CT molecular complexity index is 1120. The molecule has 1 aliphatic rings. The lowest BCUT2D eigenvalue weighted by molar-refractivity contribution is 0.529. The van der Waals surface area contributed by atoms with E-state index in [0.717, 1.165) is 16.4 Å². The fraction of sp³-hybridized carbons (Fsp3) is 0.286. The number of aromatic nitrogens is 1. The van der Waals surface area contributed by atoms with Crippen molar-refractivity contribution in [2.24, 2.45) is 0 Å². The van der Waals surface area contributed by atoms with Gasteiger partial charge in [-0.1, -0.05) is 23.2 Å². The summed E-state index contributed by atoms with van der Waals surface area (Å²) in [6, 6.07) is 10.8. The maximum absolute atomic E-state index is 13.5. The van der Waals surface area contributed by atoms with Crippen molar-refractivity contribution in [2.45, 2.75) is 29.4 Å². The van der Waals surface area contributed by atoms with Crippen LogP contribution in [0, 0.1) is 5.82 Å². The van der Waals surface area contributed by atoms with Crippen molar-refractivity contribution in [3.63, 3.8) is 0 Å². The number of hydrogen-bond acceptors (Lipinski definition) is 5. The minimum atomic E-state index is -3.38. The van der Waals surface area contributed by atoms with Crippen LogP contribution in [0.5, 0.6) is 0 Å². The molecule has 0 bridgehead atoms. The Kier molecular flexibility index (Phi) is 6.34. The fourth-order valence-corrected chi connectivity index (χ4v) is 6.60. The molecule has 1 aliphatic heterocycles. The summed E-state index contributed by atoms with van der Waals surface area (Å²) >= 11 is 13.3. The number of thiazole rings is 1. The van der Waals surface area contributed by atoms with E-state index in [2.05, 4.69) is 9.88 Å². The average Bonchev–Trinajstić information content (AvgIpc) is 3.16. The van der Waals surface area contributed by atoms with Crippen molar-refractivity contribution in [1.29, 1.82) is 0 Å². The van der Waals surface area contributed by atoms with Crippen molar-refractivity contribution in [2.75, 3.05) is 18.0 Å². The molecule has 1 fully saturated rings. The number of benzene rings is 2. The predicted octanol–water partition coefficient (Wildman–Crippen LogP) is 5.62. The third-order valence-electron chi connectivity index (χ3n) is 5.14. The zero-order chi connectivity index (χ0) is 21.3. The van der Waals surface area contributed by atoms with Gasteiger partial charge in [-0.15, -0.1) is 11.3 Å². The maximum atomic E-state index is 13.5. The van der Waals surface area contributed by atoms with Crippen LogP contribution in [0.25, 0.3) is 0 Å². The largest absolute Gasteiger partial charge is 0.348 e. The molecule has 0 radical (unpaired) electrons. The van der Waals surface area contributed by atoms with Crippen LogP contribution in [0.15, 0.2) is 52.7 Å². The Balaban J connectivity index is 1.40. The summed E-state index contributed by atoms with van der Waals surface area (Å²) in [6.45, 7) is 1.24. The smallest absolute Gasteiger partial charge is 0.185 e. The van der Waals surface area contributed by atoms with E-state index >= 15 is 0 Å². The van der Waals surface area contributed by atoms with E-state index in [1.165, 1.54) is 23.5 Å². The Morgan fingerprint density at radius 2 is 1.77 bits per heavy atom. The number of halogens is 3. The number of sulfone groups is 1. The summed E-state index contributed by atoms with van der Waals surface area (Å²) in [5.41, 5.74) is 1.61. The lowest BCUT2D eigenvalue weighted by Gasteiger charge is -2.31. The quantitative estimate of drug-likeness (QED) is 0.471. The molecule has 0 atom stereocenters. The van der Waals surface area contributed by atoms with E-state index in [9.17, 15) is 12.8 Å².